The van der Waals surface area contributed by atoms with Crippen LogP contribution in [-0.4, -0.2) is 29.4 Å². The van der Waals surface area contributed by atoms with Gasteiger partial charge in [-0.05, 0) is 54.4 Å². The van der Waals surface area contributed by atoms with E-state index in [2.05, 4.69) is 20.0 Å². The Morgan fingerprint density at radius 1 is 1.10 bits per heavy atom. The second kappa shape index (κ2) is 8.11. The van der Waals surface area contributed by atoms with Crippen LogP contribution in [0.4, 0.5) is 5.69 Å². The number of fused-ring (bicyclic) bond motifs is 1. The van der Waals surface area contributed by atoms with E-state index in [0.29, 0.717) is 5.69 Å². The predicted octanol–water partition coefficient (Wildman–Crippen LogP) is 3.31. The lowest BCUT2D eigenvalue weighted by Gasteiger charge is -2.11. The van der Waals surface area contributed by atoms with E-state index in [1.807, 2.05) is 0 Å². The van der Waals surface area contributed by atoms with Gasteiger partial charge in [0.15, 0.2) is 0 Å². The highest BCUT2D eigenvalue weighted by atomic mass is 32.2. The molecule has 4 rings (SSSR count). The number of phenols is 1. The number of carbonyl (C=O) groups is 1. The van der Waals surface area contributed by atoms with Crippen molar-refractivity contribution < 1.29 is 18.3 Å². The van der Waals surface area contributed by atoms with Crippen molar-refractivity contribution in [1.82, 2.24) is 15.3 Å². The fourth-order valence-corrected chi connectivity index (χ4v) is 4.16. The van der Waals surface area contributed by atoms with Crippen LogP contribution < -0.4 is 10.0 Å². The van der Waals surface area contributed by atoms with Gasteiger partial charge >= 0.3 is 0 Å². The van der Waals surface area contributed by atoms with E-state index < -0.39 is 10.0 Å². The fourth-order valence-electron chi connectivity index (χ4n) is 3.09. The molecule has 0 saturated heterocycles. The average Bonchev–Trinajstić information content (AvgIpc) is 3.19. The first-order valence-electron chi connectivity index (χ1n) is 9.44. The standard InChI is InChI=1S/C22H20N4O4S/c1-14-2-7-21(27)19(10-14)26-31(29,30)17-5-3-15(4-6-17)12-24-22(28)20-11-16-13-23-9-8-18(16)25-20/h2-11,13,25-27H,12H2,1H3,(H,24,28). The zero-order chi connectivity index (χ0) is 22.0. The molecular weight excluding hydrogens is 416 g/mol. The van der Waals surface area contributed by atoms with Crippen LogP contribution in [0, 0.1) is 6.92 Å². The van der Waals surface area contributed by atoms with Gasteiger partial charge in [-0.3, -0.25) is 14.5 Å². The summed E-state index contributed by atoms with van der Waals surface area (Å²) in [5.74, 6) is -0.425. The molecule has 1 amide bonds. The van der Waals surface area contributed by atoms with Crippen molar-refractivity contribution in [3.63, 3.8) is 0 Å². The Labute approximate surface area is 179 Å². The number of H-pyrrole nitrogens is 1. The van der Waals surface area contributed by atoms with Crippen LogP contribution in [0.5, 0.6) is 5.75 Å². The van der Waals surface area contributed by atoms with Gasteiger partial charge in [0.05, 0.1) is 10.6 Å². The average molecular weight is 436 g/mol. The van der Waals surface area contributed by atoms with E-state index in [4.69, 9.17) is 0 Å². The maximum atomic E-state index is 12.6. The Hall–Kier alpha value is -3.85. The number of sulfonamides is 1. The number of pyridine rings is 1. The third-order valence-electron chi connectivity index (χ3n) is 4.75. The molecule has 31 heavy (non-hydrogen) atoms. The zero-order valence-electron chi connectivity index (χ0n) is 16.6. The Morgan fingerprint density at radius 2 is 1.87 bits per heavy atom. The highest BCUT2D eigenvalue weighted by Crippen LogP contribution is 2.26. The highest BCUT2D eigenvalue weighted by molar-refractivity contribution is 7.92. The number of rotatable bonds is 6. The molecule has 4 aromatic rings. The van der Waals surface area contributed by atoms with E-state index >= 15 is 0 Å². The van der Waals surface area contributed by atoms with Gasteiger partial charge in [0.25, 0.3) is 15.9 Å². The lowest BCUT2D eigenvalue weighted by atomic mass is 10.2. The Morgan fingerprint density at radius 3 is 2.61 bits per heavy atom. The van der Waals surface area contributed by atoms with Crippen molar-refractivity contribution in [3.8, 4) is 5.75 Å². The van der Waals surface area contributed by atoms with Crippen LogP contribution in [-0.2, 0) is 16.6 Å². The number of carbonyl (C=O) groups excluding carboxylic acids is 1. The number of anilines is 1. The minimum atomic E-state index is -3.87. The highest BCUT2D eigenvalue weighted by Gasteiger charge is 2.16. The number of nitrogens with one attached hydrogen (secondary N) is 3. The van der Waals surface area contributed by atoms with Crippen molar-refractivity contribution in [1.29, 1.82) is 0 Å². The maximum Gasteiger partial charge on any atom is 0.267 e. The molecule has 0 spiro atoms. The molecule has 0 aliphatic carbocycles. The number of aromatic amines is 1. The number of aromatic hydroxyl groups is 1. The van der Waals surface area contributed by atoms with Gasteiger partial charge in [0.1, 0.15) is 11.4 Å². The third-order valence-corrected chi connectivity index (χ3v) is 6.13. The van der Waals surface area contributed by atoms with Gasteiger partial charge in [0.2, 0.25) is 0 Å². The summed E-state index contributed by atoms with van der Waals surface area (Å²) in [4.78, 5) is 19.5. The van der Waals surface area contributed by atoms with E-state index in [9.17, 15) is 18.3 Å². The molecule has 8 nitrogen and oxygen atoms in total. The van der Waals surface area contributed by atoms with Crippen LogP contribution in [0.3, 0.4) is 0 Å². The number of aryl methyl sites for hydroxylation is 1. The SMILES string of the molecule is Cc1ccc(O)c(NS(=O)(=O)c2ccc(CNC(=O)c3cc4cnccc4[nH]3)cc2)c1. The number of benzene rings is 2. The van der Waals surface area contributed by atoms with Crippen LogP contribution in [0.15, 0.2) is 71.9 Å². The summed E-state index contributed by atoms with van der Waals surface area (Å²) in [6, 6.07) is 14.3. The molecule has 0 aliphatic heterocycles. The number of aromatic nitrogens is 2. The number of amides is 1. The quantitative estimate of drug-likeness (QED) is 0.345. The molecule has 2 aromatic heterocycles. The van der Waals surface area contributed by atoms with Gasteiger partial charge in [-0.2, -0.15) is 0 Å². The molecule has 0 aliphatic rings. The first kappa shape index (κ1) is 20.4. The molecular formula is C22H20N4O4S. The monoisotopic (exact) mass is 436 g/mol. The summed E-state index contributed by atoms with van der Waals surface area (Å²) in [5, 5.41) is 13.5. The van der Waals surface area contributed by atoms with Crippen molar-refractivity contribution in [2.24, 2.45) is 0 Å². The molecule has 0 fully saturated rings. The van der Waals surface area contributed by atoms with Crippen LogP contribution in [0.25, 0.3) is 10.9 Å². The first-order chi connectivity index (χ1) is 14.8. The molecule has 4 N–H and O–H groups in total. The third kappa shape index (κ3) is 4.51. The smallest absolute Gasteiger partial charge is 0.267 e. The summed E-state index contributed by atoms with van der Waals surface area (Å²) in [6.45, 7) is 2.03. The molecule has 0 saturated carbocycles. The predicted molar refractivity (Wildman–Crippen MR) is 117 cm³/mol. The Bertz CT molecular complexity index is 1330. The lowest BCUT2D eigenvalue weighted by Crippen LogP contribution is -2.23. The summed E-state index contributed by atoms with van der Waals surface area (Å²) in [5.41, 5.74) is 2.91. The van der Waals surface area contributed by atoms with Crippen molar-refractivity contribution in [3.05, 3.63) is 83.8 Å². The summed E-state index contributed by atoms with van der Waals surface area (Å²) in [6.07, 6.45) is 3.32. The fraction of sp³-hybridized carbons (Fsp3) is 0.0909. The molecule has 0 atom stereocenters. The minimum Gasteiger partial charge on any atom is -0.506 e. The van der Waals surface area contributed by atoms with Crippen LogP contribution >= 0.6 is 0 Å². The molecule has 0 radical (unpaired) electrons. The molecule has 0 unspecified atom stereocenters. The van der Waals surface area contributed by atoms with Crippen molar-refractivity contribution in [2.75, 3.05) is 4.72 Å². The summed E-state index contributed by atoms with van der Waals surface area (Å²) >= 11 is 0. The molecule has 158 valence electrons. The normalized spacial score (nSPS) is 11.4. The van der Waals surface area contributed by atoms with E-state index in [-0.39, 0.29) is 28.8 Å². The maximum absolute atomic E-state index is 12.6. The molecule has 0 bridgehead atoms. The zero-order valence-corrected chi connectivity index (χ0v) is 17.4. The Kier molecular flexibility index (Phi) is 5.35. The van der Waals surface area contributed by atoms with Crippen molar-refractivity contribution >= 4 is 32.5 Å². The number of hydrogen-bond donors (Lipinski definition) is 4. The Balaban J connectivity index is 1.42. The number of hydrogen-bond acceptors (Lipinski definition) is 5. The minimum absolute atomic E-state index is 0.0478. The van der Waals surface area contributed by atoms with E-state index in [0.717, 1.165) is 22.0 Å². The van der Waals surface area contributed by atoms with Gasteiger partial charge in [-0.25, -0.2) is 8.42 Å². The van der Waals surface area contributed by atoms with Gasteiger partial charge < -0.3 is 15.4 Å². The lowest BCUT2D eigenvalue weighted by molar-refractivity contribution is 0.0946. The molecule has 2 aromatic carbocycles. The van der Waals surface area contributed by atoms with E-state index in [1.54, 1.807) is 55.7 Å². The van der Waals surface area contributed by atoms with Crippen molar-refractivity contribution in [2.45, 2.75) is 18.4 Å². The van der Waals surface area contributed by atoms with E-state index in [1.165, 1.54) is 18.2 Å². The second-order valence-corrected chi connectivity index (χ2v) is 8.78. The van der Waals surface area contributed by atoms with Crippen LogP contribution in [0.2, 0.25) is 0 Å². The first-order valence-corrected chi connectivity index (χ1v) is 10.9. The summed E-state index contributed by atoms with van der Waals surface area (Å²) in [7, 11) is -3.87. The van der Waals surface area contributed by atoms with Gasteiger partial charge in [-0.15, -0.1) is 0 Å². The second-order valence-electron chi connectivity index (χ2n) is 7.10. The topological polar surface area (TPSA) is 124 Å². The largest absolute Gasteiger partial charge is 0.506 e. The molecule has 2 heterocycles. The van der Waals surface area contributed by atoms with Gasteiger partial charge in [-0.1, -0.05) is 18.2 Å². The van der Waals surface area contributed by atoms with Gasteiger partial charge in [0, 0.05) is 29.8 Å². The number of phenolic OH excluding ortho intramolecular Hbond substituents is 1. The van der Waals surface area contributed by atoms with Crippen LogP contribution in [0.1, 0.15) is 21.6 Å². The molecule has 9 heteroatoms. The summed E-state index contributed by atoms with van der Waals surface area (Å²) < 4.78 is 27.6. The number of nitrogens with zero attached hydrogens (tertiary/aromatic N) is 1.